The average molecular weight is 359 g/mol. The molecule has 1 aliphatic rings. The summed E-state index contributed by atoms with van der Waals surface area (Å²) < 4.78 is 0. The topological polar surface area (TPSA) is 97.0 Å². The molecule has 3 rings (SSSR count). The number of rotatable bonds is 6. The number of amides is 1. The number of nitrogens with one attached hydrogen (secondary N) is 1. The van der Waals surface area contributed by atoms with Crippen LogP contribution in [0.5, 0.6) is 5.75 Å². The van der Waals surface area contributed by atoms with Gasteiger partial charge in [-0.05, 0) is 56.9 Å². The summed E-state index contributed by atoms with van der Waals surface area (Å²) in [6.07, 6.45) is 4.78. The van der Waals surface area contributed by atoms with Crippen LogP contribution in [0.3, 0.4) is 0 Å². The van der Waals surface area contributed by atoms with Crippen LogP contribution in [0.1, 0.15) is 43.1 Å². The number of aromatic hydroxyl groups is 1. The van der Waals surface area contributed by atoms with E-state index in [1.165, 1.54) is 19.4 Å². The SMILES string of the molecule is CCCCN1CCC(CNC(=O)c2ccc3cccc(O)c3n2)CC1.O. The Morgan fingerprint density at radius 1 is 1.27 bits per heavy atom. The number of hydrogen-bond acceptors (Lipinski definition) is 4. The van der Waals surface area contributed by atoms with Crippen molar-refractivity contribution in [2.45, 2.75) is 32.6 Å². The van der Waals surface area contributed by atoms with Crippen LogP contribution >= 0.6 is 0 Å². The minimum atomic E-state index is -0.168. The van der Waals surface area contributed by atoms with Gasteiger partial charge < -0.3 is 20.8 Å². The van der Waals surface area contributed by atoms with E-state index in [9.17, 15) is 9.90 Å². The van der Waals surface area contributed by atoms with Crippen LogP contribution in [-0.4, -0.2) is 52.6 Å². The number of likely N-dealkylation sites (tertiary alicyclic amines) is 1. The number of carbonyl (C=O) groups is 1. The molecule has 0 aliphatic carbocycles. The maximum absolute atomic E-state index is 12.4. The predicted molar refractivity (Wildman–Crippen MR) is 103 cm³/mol. The fraction of sp³-hybridized carbons (Fsp3) is 0.500. The molecule has 2 aromatic rings. The molecule has 1 aliphatic heterocycles. The number of carbonyl (C=O) groups excluding carboxylic acids is 1. The van der Waals surface area contributed by atoms with E-state index < -0.39 is 0 Å². The average Bonchev–Trinajstić information content (AvgIpc) is 2.65. The number of phenols is 1. The van der Waals surface area contributed by atoms with E-state index >= 15 is 0 Å². The minimum absolute atomic E-state index is 0. The Morgan fingerprint density at radius 3 is 2.77 bits per heavy atom. The molecular formula is C20H29N3O3. The lowest BCUT2D eigenvalue weighted by atomic mass is 9.96. The zero-order chi connectivity index (χ0) is 17.6. The lowest BCUT2D eigenvalue weighted by Crippen LogP contribution is -2.39. The van der Waals surface area contributed by atoms with Crippen LogP contribution in [0.4, 0.5) is 0 Å². The van der Waals surface area contributed by atoms with Crippen LogP contribution in [0.15, 0.2) is 30.3 Å². The highest BCUT2D eigenvalue weighted by atomic mass is 16.3. The smallest absolute Gasteiger partial charge is 0.269 e. The lowest BCUT2D eigenvalue weighted by Gasteiger charge is -2.31. The molecule has 4 N–H and O–H groups in total. The Hall–Kier alpha value is -2.18. The highest BCUT2D eigenvalue weighted by Gasteiger charge is 2.19. The van der Waals surface area contributed by atoms with Gasteiger partial charge in [-0.3, -0.25) is 4.79 Å². The first-order valence-corrected chi connectivity index (χ1v) is 9.26. The third-order valence-corrected chi connectivity index (χ3v) is 5.02. The van der Waals surface area contributed by atoms with Gasteiger partial charge in [-0.15, -0.1) is 0 Å². The van der Waals surface area contributed by atoms with Crippen molar-refractivity contribution in [3.05, 3.63) is 36.0 Å². The second-order valence-corrected chi connectivity index (χ2v) is 6.89. The molecule has 0 unspecified atom stereocenters. The third-order valence-electron chi connectivity index (χ3n) is 5.02. The minimum Gasteiger partial charge on any atom is -0.506 e. The van der Waals surface area contributed by atoms with Crippen molar-refractivity contribution in [2.24, 2.45) is 5.92 Å². The largest absolute Gasteiger partial charge is 0.506 e. The molecule has 26 heavy (non-hydrogen) atoms. The Labute approximate surface area is 154 Å². The molecule has 1 aromatic carbocycles. The second kappa shape index (κ2) is 9.50. The van der Waals surface area contributed by atoms with E-state index in [-0.39, 0.29) is 17.1 Å². The molecule has 6 nitrogen and oxygen atoms in total. The predicted octanol–water partition coefficient (Wildman–Crippen LogP) is 2.36. The number of fused-ring (bicyclic) bond motifs is 1. The van der Waals surface area contributed by atoms with E-state index in [2.05, 4.69) is 22.1 Å². The normalized spacial score (nSPS) is 15.6. The van der Waals surface area contributed by atoms with Crippen LogP contribution in [0.25, 0.3) is 10.9 Å². The van der Waals surface area contributed by atoms with Gasteiger partial charge in [0.1, 0.15) is 17.0 Å². The first-order valence-electron chi connectivity index (χ1n) is 9.26. The molecule has 0 saturated carbocycles. The number of piperidine rings is 1. The van der Waals surface area contributed by atoms with Gasteiger partial charge in [0.25, 0.3) is 5.91 Å². The number of unbranched alkanes of at least 4 members (excludes halogenated alkanes) is 1. The number of hydrogen-bond donors (Lipinski definition) is 2. The molecule has 6 heteroatoms. The van der Waals surface area contributed by atoms with Gasteiger partial charge in [0.05, 0.1) is 0 Å². The second-order valence-electron chi connectivity index (χ2n) is 6.89. The van der Waals surface area contributed by atoms with Crippen molar-refractivity contribution >= 4 is 16.8 Å². The third kappa shape index (κ3) is 4.93. The maximum atomic E-state index is 12.4. The van der Waals surface area contributed by atoms with Gasteiger partial charge >= 0.3 is 0 Å². The zero-order valence-corrected chi connectivity index (χ0v) is 15.4. The van der Waals surface area contributed by atoms with E-state index in [1.807, 2.05) is 12.1 Å². The number of nitrogens with zero attached hydrogens (tertiary/aromatic N) is 2. The summed E-state index contributed by atoms with van der Waals surface area (Å²) in [4.78, 5) is 19.2. The quantitative estimate of drug-likeness (QED) is 0.827. The molecule has 0 atom stereocenters. The maximum Gasteiger partial charge on any atom is 0.269 e. The highest BCUT2D eigenvalue weighted by Crippen LogP contribution is 2.22. The standard InChI is InChI=1S/C20H27N3O2.H2O/c1-2-3-11-23-12-9-15(10-13-23)14-21-20(25)17-8-7-16-5-4-6-18(24)19(16)22-17;/h4-8,15,24H,2-3,9-14H2,1H3,(H,21,25);1H2. The van der Waals surface area contributed by atoms with Gasteiger partial charge in [0, 0.05) is 11.9 Å². The van der Waals surface area contributed by atoms with Crippen molar-refractivity contribution in [3.63, 3.8) is 0 Å². The van der Waals surface area contributed by atoms with Crippen molar-refractivity contribution in [3.8, 4) is 5.75 Å². The fourth-order valence-electron chi connectivity index (χ4n) is 3.38. The summed E-state index contributed by atoms with van der Waals surface area (Å²) in [5.74, 6) is 0.473. The van der Waals surface area contributed by atoms with Crippen LogP contribution in [0.2, 0.25) is 0 Å². The molecule has 142 valence electrons. The molecule has 2 heterocycles. The van der Waals surface area contributed by atoms with Crippen LogP contribution in [-0.2, 0) is 0 Å². The highest BCUT2D eigenvalue weighted by molar-refractivity contribution is 5.95. The Bertz CT molecular complexity index is 727. The van der Waals surface area contributed by atoms with Crippen LogP contribution < -0.4 is 5.32 Å². The monoisotopic (exact) mass is 359 g/mol. The molecule has 1 fully saturated rings. The molecule has 0 bridgehead atoms. The number of benzene rings is 1. The summed E-state index contributed by atoms with van der Waals surface area (Å²) in [5.41, 5.74) is 0.828. The van der Waals surface area contributed by atoms with E-state index in [0.717, 1.165) is 31.3 Å². The van der Waals surface area contributed by atoms with Gasteiger partial charge in [-0.1, -0.05) is 31.5 Å². The molecule has 1 amide bonds. The first kappa shape index (κ1) is 20.1. The number of pyridine rings is 1. The van der Waals surface area contributed by atoms with E-state index in [1.54, 1.807) is 18.2 Å². The number of aromatic nitrogens is 1. The Morgan fingerprint density at radius 2 is 2.04 bits per heavy atom. The summed E-state index contributed by atoms with van der Waals surface area (Å²) in [5, 5.41) is 13.7. The Kier molecular flexibility index (Phi) is 7.36. The van der Waals surface area contributed by atoms with Gasteiger partial charge in [-0.25, -0.2) is 4.98 Å². The molecule has 1 aromatic heterocycles. The van der Waals surface area contributed by atoms with E-state index in [0.29, 0.717) is 23.7 Å². The van der Waals surface area contributed by atoms with Gasteiger partial charge in [0.2, 0.25) is 0 Å². The molecule has 1 saturated heterocycles. The summed E-state index contributed by atoms with van der Waals surface area (Å²) >= 11 is 0. The summed E-state index contributed by atoms with van der Waals surface area (Å²) in [6.45, 7) is 6.37. The molecular weight excluding hydrogens is 330 g/mol. The van der Waals surface area contributed by atoms with E-state index in [4.69, 9.17) is 0 Å². The van der Waals surface area contributed by atoms with Crippen molar-refractivity contribution < 1.29 is 15.4 Å². The fourth-order valence-corrected chi connectivity index (χ4v) is 3.38. The van der Waals surface area contributed by atoms with Crippen molar-refractivity contribution in [1.29, 1.82) is 0 Å². The van der Waals surface area contributed by atoms with Crippen molar-refractivity contribution in [1.82, 2.24) is 15.2 Å². The van der Waals surface area contributed by atoms with Gasteiger partial charge in [-0.2, -0.15) is 0 Å². The zero-order valence-electron chi connectivity index (χ0n) is 15.4. The van der Waals surface area contributed by atoms with Crippen LogP contribution in [0, 0.1) is 5.92 Å². The summed E-state index contributed by atoms with van der Waals surface area (Å²) in [7, 11) is 0. The van der Waals surface area contributed by atoms with Crippen molar-refractivity contribution in [2.75, 3.05) is 26.2 Å². The number of para-hydroxylation sites is 1. The molecule has 0 radical (unpaired) electrons. The first-order chi connectivity index (χ1) is 12.2. The van der Waals surface area contributed by atoms with Gasteiger partial charge in [0.15, 0.2) is 0 Å². The Balaban J connectivity index is 0.00000243. The number of phenolic OH excluding ortho intramolecular Hbond substituents is 1. The molecule has 0 spiro atoms. The summed E-state index contributed by atoms with van der Waals surface area (Å²) in [6, 6.07) is 8.76. The lowest BCUT2D eigenvalue weighted by molar-refractivity contribution is 0.0931.